The van der Waals surface area contributed by atoms with E-state index >= 15 is 0 Å². The van der Waals surface area contributed by atoms with Crippen LogP contribution in [-0.4, -0.2) is 47.2 Å². The van der Waals surface area contributed by atoms with Crippen molar-refractivity contribution in [2.24, 2.45) is 5.92 Å². The molecule has 2 aromatic carbocycles. The van der Waals surface area contributed by atoms with Gasteiger partial charge in [-0.2, -0.15) is 4.31 Å². The molecule has 0 spiro atoms. The molecule has 0 bridgehead atoms. The van der Waals surface area contributed by atoms with E-state index in [1.54, 1.807) is 36.5 Å². The van der Waals surface area contributed by atoms with Crippen molar-refractivity contribution in [1.82, 2.24) is 19.8 Å². The average molecular weight is 453 g/mol. The highest BCUT2D eigenvalue weighted by molar-refractivity contribution is 7.89. The van der Waals surface area contributed by atoms with Crippen molar-refractivity contribution in [2.75, 3.05) is 18.4 Å². The molecule has 0 saturated carbocycles. The van der Waals surface area contributed by atoms with Gasteiger partial charge in [0.25, 0.3) is 0 Å². The molecule has 1 fully saturated rings. The Hall–Kier alpha value is -3.57. The van der Waals surface area contributed by atoms with Gasteiger partial charge in [-0.3, -0.25) is 4.79 Å². The number of anilines is 1. The van der Waals surface area contributed by atoms with Crippen LogP contribution in [0.2, 0.25) is 0 Å². The standard InChI is InChI=1S/C21H19N5O5S/c27-21(23-16-6-4-14(5-7-16)18-8-11-22-30-18)15-9-12-26(13-10-15)32(28,29)19-3-1-2-17-20(19)25-31-24-17/h1-8,11,15H,9-10,12-13H2,(H,23,27). The number of hydrogen-bond acceptors (Lipinski definition) is 8. The summed E-state index contributed by atoms with van der Waals surface area (Å²) in [5, 5.41) is 14.0. The Morgan fingerprint density at radius 3 is 2.53 bits per heavy atom. The molecule has 5 rings (SSSR count). The topological polar surface area (TPSA) is 131 Å². The molecule has 0 radical (unpaired) electrons. The monoisotopic (exact) mass is 453 g/mol. The number of fused-ring (bicyclic) bond motifs is 1. The lowest BCUT2D eigenvalue weighted by Gasteiger charge is -2.30. The fraction of sp³-hybridized carbons (Fsp3) is 0.238. The molecule has 10 nitrogen and oxygen atoms in total. The average Bonchev–Trinajstić information content (AvgIpc) is 3.51. The number of piperidine rings is 1. The second-order valence-electron chi connectivity index (χ2n) is 7.51. The molecule has 0 aliphatic carbocycles. The smallest absolute Gasteiger partial charge is 0.245 e. The number of carbonyl (C=O) groups excluding carboxylic acids is 1. The van der Waals surface area contributed by atoms with Gasteiger partial charge in [-0.05, 0) is 59.6 Å². The van der Waals surface area contributed by atoms with Crippen LogP contribution in [0.25, 0.3) is 22.4 Å². The third-order valence-electron chi connectivity index (χ3n) is 5.57. The third-order valence-corrected chi connectivity index (χ3v) is 7.50. The van der Waals surface area contributed by atoms with Gasteiger partial charge in [0.2, 0.25) is 15.9 Å². The molecule has 1 aliphatic heterocycles. The van der Waals surface area contributed by atoms with Gasteiger partial charge in [-0.25, -0.2) is 13.0 Å². The predicted molar refractivity (Wildman–Crippen MR) is 114 cm³/mol. The van der Waals surface area contributed by atoms with Gasteiger partial charge in [0.15, 0.2) is 11.3 Å². The van der Waals surface area contributed by atoms with Crippen LogP contribution in [-0.2, 0) is 14.8 Å². The van der Waals surface area contributed by atoms with Gasteiger partial charge >= 0.3 is 0 Å². The molecule has 1 aliphatic rings. The van der Waals surface area contributed by atoms with E-state index in [2.05, 4.69) is 25.4 Å². The largest absolute Gasteiger partial charge is 0.356 e. The number of sulfonamides is 1. The molecule has 11 heteroatoms. The minimum atomic E-state index is -3.77. The van der Waals surface area contributed by atoms with Crippen molar-refractivity contribution in [3.05, 3.63) is 54.7 Å². The van der Waals surface area contributed by atoms with E-state index < -0.39 is 10.0 Å². The van der Waals surface area contributed by atoms with Crippen molar-refractivity contribution in [3.63, 3.8) is 0 Å². The summed E-state index contributed by atoms with van der Waals surface area (Å²) in [6.07, 6.45) is 2.42. The quantitative estimate of drug-likeness (QED) is 0.488. The summed E-state index contributed by atoms with van der Waals surface area (Å²) in [5.74, 6) is 0.241. The number of carbonyl (C=O) groups is 1. The third kappa shape index (κ3) is 3.76. The summed E-state index contributed by atoms with van der Waals surface area (Å²) >= 11 is 0. The first-order valence-corrected chi connectivity index (χ1v) is 11.5. The molecular weight excluding hydrogens is 434 g/mol. The number of nitrogens with one attached hydrogen (secondary N) is 1. The van der Waals surface area contributed by atoms with Crippen LogP contribution in [0.4, 0.5) is 5.69 Å². The lowest BCUT2D eigenvalue weighted by Crippen LogP contribution is -2.41. The molecule has 0 atom stereocenters. The molecule has 164 valence electrons. The van der Waals surface area contributed by atoms with E-state index in [-0.39, 0.29) is 35.3 Å². The highest BCUT2D eigenvalue weighted by Gasteiger charge is 2.33. The number of rotatable bonds is 5. The van der Waals surface area contributed by atoms with E-state index in [1.165, 1.54) is 10.4 Å². The first-order valence-electron chi connectivity index (χ1n) is 10.1. The van der Waals surface area contributed by atoms with Crippen LogP contribution in [0.15, 0.2) is 68.8 Å². The number of nitrogens with zero attached hydrogens (tertiary/aromatic N) is 4. The fourth-order valence-electron chi connectivity index (χ4n) is 3.81. The molecule has 1 N–H and O–H groups in total. The second kappa shape index (κ2) is 8.17. The van der Waals surface area contributed by atoms with Gasteiger partial charge < -0.3 is 9.84 Å². The van der Waals surface area contributed by atoms with E-state index in [0.29, 0.717) is 29.8 Å². The highest BCUT2D eigenvalue weighted by Crippen LogP contribution is 2.28. The Bertz CT molecular complexity index is 1340. The van der Waals surface area contributed by atoms with Gasteiger partial charge in [0.05, 0.1) is 6.20 Å². The van der Waals surface area contributed by atoms with Crippen LogP contribution < -0.4 is 5.32 Å². The van der Waals surface area contributed by atoms with Gasteiger partial charge in [0, 0.05) is 36.3 Å². The van der Waals surface area contributed by atoms with Crippen molar-refractivity contribution in [2.45, 2.75) is 17.7 Å². The maximum atomic E-state index is 13.1. The minimum Gasteiger partial charge on any atom is -0.356 e. The Kier molecular flexibility index (Phi) is 5.19. The Balaban J connectivity index is 1.22. The first-order chi connectivity index (χ1) is 15.5. The minimum absolute atomic E-state index is 0.0611. The summed E-state index contributed by atoms with van der Waals surface area (Å²) in [5.41, 5.74) is 2.12. The highest BCUT2D eigenvalue weighted by atomic mass is 32.2. The van der Waals surface area contributed by atoms with E-state index in [4.69, 9.17) is 4.52 Å². The van der Waals surface area contributed by atoms with Crippen LogP contribution >= 0.6 is 0 Å². The summed E-state index contributed by atoms with van der Waals surface area (Å²) < 4.78 is 37.4. The lowest BCUT2D eigenvalue weighted by atomic mass is 9.97. The molecule has 4 aromatic rings. The first kappa shape index (κ1) is 20.3. The van der Waals surface area contributed by atoms with Crippen molar-refractivity contribution in [1.29, 1.82) is 0 Å². The Labute approximate surface area is 183 Å². The number of aromatic nitrogens is 3. The summed E-state index contributed by atoms with van der Waals surface area (Å²) in [7, 11) is -3.77. The van der Waals surface area contributed by atoms with Crippen LogP contribution in [0, 0.1) is 5.92 Å². The van der Waals surface area contributed by atoms with E-state index in [1.807, 2.05) is 12.1 Å². The number of amides is 1. The zero-order valence-electron chi connectivity index (χ0n) is 16.8. The van der Waals surface area contributed by atoms with Crippen LogP contribution in [0.3, 0.4) is 0 Å². The summed E-state index contributed by atoms with van der Waals surface area (Å²) in [4.78, 5) is 12.8. The maximum Gasteiger partial charge on any atom is 0.245 e. The zero-order chi connectivity index (χ0) is 22.1. The molecule has 2 aromatic heterocycles. The normalized spacial score (nSPS) is 15.8. The van der Waals surface area contributed by atoms with E-state index in [0.717, 1.165) is 5.56 Å². The van der Waals surface area contributed by atoms with Gasteiger partial charge in [-0.1, -0.05) is 11.2 Å². The molecule has 1 amide bonds. The SMILES string of the molecule is O=C(Nc1ccc(-c2ccno2)cc1)C1CCN(S(=O)(=O)c2cccc3nonc23)CC1. The van der Waals surface area contributed by atoms with Crippen molar-refractivity contribution < 1.29 is 22.4 Å². The second-order valence-corrected chi connectivity index (χ2v) is 9.42. The molecule has 32 heavy (non-hydrogen) atoms. The van der Waals surface area contributed by atoms with Crippen LogP contribution in [0.1, 0.15) is 12.8 Å². The van der Waals surface area contributed by atoms with Crippen molar-refractivity contribution in [3.8, 4) is 11.3 Å². The number of hydrogen-bond donors (Lipinski definition) is 1. The summed E-state index contributed by atoms with van der Waals surface area (Å²) in [6, 6.07) is 13.8. The number of benzene rings is 2. The predicted octanol–water partition coefficient (Wildman–Crippen LogP) is 2.92. The Morgan fingerprint density at radius 2 is 1.81 bits per heavy atom. The van der Waals surface area contributed by atoms with Crippen molar-refractivity contribution >= 4 is 32.7 Å². The fourth-order valence-corrected chi connectivity index (χ4v) is 5.42. The molecule has 1 saturated heterocycles. The lowest BCUT2D eigenvalue weighted by molar-refractivity contribution is -0.120. The van der Waals surface area contributed by atoms with Gasteiger partial charge in [-0.15, -0.1) is 0 Å². The zero-order valence-corrected chi connectivity index (χ0v) is 17.7. The summed E-state index contributed by atoms with van der Waals surface area (Å²) in [6.45, 7) is 0.485. The molecule has 0 unspecified atom stereocenters. The van der Waals surface area contributed by atoms with E-state index in [9.17, 15) is 13.2 Å². The Morgan fingerprint density at radius 1 is 1.03 bits per heavy atom. The maximum absolute atomic E-state index is 13.1. The molecule has 3 heterocycles. The molecular formula is C21H19N5O5S. The van der Waals surface area contributed by atoms with Gasteiger partial charge in [0.1, 0.15) is 10.4 Å². The van der Waals surface area contributed by atoms with Crippen LogP contribution in [0.5, 0.6) is 0 Å².